The van der Waals surface area contributed by atoms with E-state index in [-0.39, 0.29) is 17.7 Å². The molecule has 0 aliphatic rings. The summed E-state index contributed by atoms with van der Waals surface area (Å²) in [4.78, 5) is 11.6. The second-order valence-corrected chi connectivity index (χ2v) is 6.18. The van der Waals surface area contributed by atoms with Gasteiger partial charge in [-0.15, -0.1) is 0 Å². The zero-order valence-corrected chi connectivity index (χ0v) is 15.3. The number of aromatic nitrogens is 4. The molecule has 142 valence electrons. The van der Waals surface area contributed by atoms with Crippen LogP contribution in [0.5, 0.6) is 5.88 Å². The Bertz CT molecular complexity index is 939. The van der Waals surface area contributed by atoms with Crippen LogP contribution in [0.25, 0.3) is 11.4 Å². The molecule has 0 unspecified atom stereocenters. The third-order valence-electron chi connectivity index (χ3n) is 3.89. The maximum absolute atomic E-state index is 12.9. The van der Waals surface area contributed by atoms with Gasteiger partial charge < -0.3 is 9.30 Å². The number of ether oxygens (including phenoxy) is 1. The highest BCUT2D eigenvalue weighted by Crippen LogP contribution is 2.31. The van der Waals surface area contributed by atoms with Crippen molar-refractivity contribution in [2.45, 2.75) is 33.2 Å². The van der Waals surface area contributed by atoms with Crippen LogP contribution >= 0.6 is 11.6 Å². The highest BCUT2D eigenvalue weighted by atomic mass is 35.5. The number of nitrogens with zero attached hydrogens (tertiary/aromatic N) is 4. The van der Waals surface area contributed by atoms with E-state index in [1.165, 1.54) is 4.57 Å². The fourth-order valence-corrected chi connectivity index (χ4v) is 2.60. The number of halogens is 4. The standard InChI is InChI=1S/C18H16ClF3N4O/c1-3-26-9-14(18(20,21)22)24-15(26)13-6-4-12(5-7-13)10-27-16-11(2)8-23-17(19)25-16/h4-9H,3,10H2,1-2H3. The Morgan fingerprint density at radius 3 is 2.48 bits per heavy atom. The third-order valence-corrected chi connectivity index (χ3v) is 4.07. The molecule has 2 heterocycles. The maximum atomic E-state index is 12.9. The molecule has 0 saturated heterocycles. The second kappa shape index (κ2) is 7.56. The van der Waals surface area contributed by atoms with Crippen molar-refractivity contribution in [1.29, 1.82) is 0 Å². The number of alkyl halides is 3. The molecule has 0 bridgehead atoms. The van der Waals surface area contributed by atoms with Crippen molar-refractivity contribution < 1.29 is 17.9 Å². The van der Waals surface area contributed by atoms with Crippen LogP contribution in [0.4, 0.5) is 13.2 Å². The van der Waals surface area contributed by atoms with E-state index in [0.29, 0.717) is 18.0 Å². The number of benzene rings is 1. The SMILES string of the molecule is CCn1cc(C(F)(F)F)nc1-c1ccc(COc2nc(Cl)ncc2C)cc1. The summed E-state index contributed by atoms with van der Waals surface area (Å²) in [5.74, 6) is 0.658. The highest BCUT2D eigenvalue weighted by Gasteiger charge is 2.34. The molecule has 0 amide bonds. The van der Waals surface area contributed by atoms with Crippen molar-refractivity contribution in [2.75, 3.05) is 0 Å². The van der Waals surface area contributed by atoms with E-state index in [1.54, 1.807) is 44.3 Å². The van der Waals surface area contributed by atoms with Gasteiger partial charge in [-0.25, -0.2) is 9.97 Å². The molecule has 3 aromatic rings. The van der Waals surface area contributed by atoms with Crippen LogP contribution in [0.2, 0.25) is 5.28 Å². The Hall–Kier alpha value is -2.61. The Kier molecular flexibility index (Phi) is 5.36. The minimum atomic E-state index is -4.47. The van der Waals surface area contributed by atoms with Crippen LogP contribution in [0.3, 0.4) is 0 Å². The average Bonchev–Trinajstić information content (AvgIpc) is 3.08. The molecule has 0 N–H and O–H groups in total. The van der Waals surface area contributed by atoms with Gasteiger partial charge in [0.2, 0.25) is 11.2 Å². The normalized spacial score (nSPS) is 11.6. The molecule has 3 rings (SSSR count). The molecular formula is C18H16ClF3N4O. The Balaban J connectivity index is 1.78. The molecule has 0 atom stereocenters. The Morgan fingerprint density at radius 2 is 1.85 bits per heavy atom. The van der Waals surface area contributed by atoms with Gasteiger partial charge >= 0.3 is 6.18 Å². The zero-order chi connectivity index (χ0) is 19.6. The summed E-state index contributed by atoms with van der Waals surface area (Å²) in [6.07, 6.45) is -1.88. The molecule has 5 nitrogen and oxygen atoms in total. The molecule has 0 radical (unpaired) electrons. The lowest BCUT2D eigenvalue weighted by Gasteiger charge is -2.09. The summed E-state index contributed by atoms with van der Waals surface area (Å²) in [6.45, 7) is 4.20. The van der Waals surface area contributed by atoms with Crippen LogP contribution in [-0.2, 0) is 19.3 Å². The number of aryl methyl sites for hydroxylation is 2. The predicted octanol–water partition coefficient (Wildman–Crippen LogP) is 4.92. The van der Waals surface area contributed by atoms with Crippen molar-refractivity contribution >= 4 is 11.6 Å². The lowest BCUT2D eigenvalue weighted by Crippen LogP contribution is -2.05. The Labute approximate surface area is 158 Å². The third kappa shape index (κ3) is 4.39. The summed E-state index contributed by atoms with van der Waals surface area (Å²) >= 11 is 5.76. The number of imidazole rings is 1. The second-order valence-electron chi connectivity index (χ2n) is 5.85. The minimum Gasteiger partial charge on any atom is -0.472 e. The number of hydrogen-bond donors (Lipinski definition) is 0. The minimum absolute atomic E-state index is 0.0952. The van der Waals surface area contributed by atoms with E-state index >= 15 is 0 Å². The molecule has 0 aliphatic carbocycles. The van der Waals surface area contributed by atoms with Crippen LogP contribution in [0, 0.1) is 6.92 Å². The quantitative estimate of drug-likeness (QED) is 0.574. The van der Waals surface area contributed by atoms with E-state index in [9.17, 15) is 13.2 Å². The number of hydrogen-bond acceptors (Lipinski definition) is 4. The van der Waals surface area contributed by atoms with Crippen molar-refractivity contribution in [3.8, 4) is 17.3 Å². The van der Waals surface area contributed by atoms with Gasteiger partial charge in [0.05, 0.1) is 0 Å². The lowest BCUT2D eigenvalue weighted by atomic mass is 10.1. The monoisotopic (exact) mass is 396 g/mol. The van der Waals surface area contributed by atoms with Crippen LogP contribution < -0.4 is 4.74 Å². The lowest BCUT2D eigenvalue weighted by molar-refractivity contribution is -0.140. The molecule has 2 aromatic heterocycles. The van der Waals surface area contributed by atoms with Crippen molar-refractivity contribution in [1.82, 2.24) is 19.5 Å². The first-order chi connectivity index (χ1) is 12.8. The van der Waals surface area contributed by atoms with Gasteiger partial charge in [0.15, 0.2) is 5.69 Å². The summed E-state index contributed by atoms with van der Waals surface area (Å²) in [5, 5.41) is 0.0952. The van der Waals surface area contributed by atoms with Gasteiger partial charge in [-0.1, -0.05) is 24.3 Å². The van der Waals surface area contributed by atoms with Crippen molar-refractivity contribution in [2.24, 2.45) is 0 Å². The summed E-state index contributed by atoms with van der Waals surface area (Å²) in [5.41, 5.74) is 1.28. The molecular weight excluding hydrogens is 381 g/mol. The first kappa shape index (κ1) is 19.2. The average molecular weight is 397 g/mol. The zero-order valence-electron chi connectivity index (χ0n) is 14.6. The van der Waals surface area contributed by atoms with Gasteiger partial charge in [-0.2, -0.15) is 18.2 Å². The van der Waals surface area contributed by atoms with E-state index in [4.69, 9.17) is 16.3 Å². The first-order valence-corrected chi connectivity index (χ1v) is 8.51. The molecule has 1 aromatic carbocycles. The van der Waals surface area contributed by atoms with Crippen LogP contribution in [-0.4, -0.2) is 19.5 Å². The summed E-state index contributed by atoms with van der Waals surface area (Å²) in [7, 11) is 0. The van der Waals surface area contributed by atoms with Crippen molar-refractivity contribution in [3.63, 3.8) is 0 Å². The highest BCUT2D eigenvalue weighted by molar-refractivity contribution is 6.28. The van der Waals surface area contributed by atoms with E-state index in [2.05, 4.69) is 15.0 Å². The van der Waals surface area contributed by atoms with Gasteiger partial charge in [0.25, 0.3) is 0 Å². The fraction of sp³-hybridized carbons (Fsp3) is 0.278. The molecule has 0 spiro atoms. The largest absolute Gasteiger partial charge is 0.472 e. The maximum Gasteiger partial charge on any atom is 0.434 e. The van der Waals surface area contributed by atoms with Crippen LogP contribution in [0.15, 0.2) is 36.7 Å². The molecule has 0 aliphatic heterocycles. The summed E-state index contributed by atoms with van der Waals surface area (Å²) < 4.78 is 45.8. The molecule has 27 heavy (non-hydrogen) atoms. The first-order valence-electron chi connectivity index (χ1n) is 8.13. The Morgan fingerprint density at radius 1 is 1.15 bits per heavy atom. The topological polar surface area (TPSA) is 52.8 Å². The predicted molar refractivity (Wildman–Crippen MR) is 94.5 cm³/mol. The smallest absolute Gasteiger partial charge is 0.434 e. The molecule has 9 heteroatoms. The van der Waals surface area contributed by atoms with Gasteiger partial charge in [-0.3, -0.25) is 0 Å². The molecule has 0 fully saturated rings. The fourth-order valence-electron chi connectivity index (χ4n) is 2.48. The van der Waals surface area contributed by atoms with Crippen molar-refractivity contribution in [3.05, 3.63) is 58.8 Å². The van der Waals surface area contributed by atoms with E-state index < -0.39 is 11.9 Å². The van der Waals surface area contributed by atoms with E-state index in [1.807, 2.05) is 0 Å². The molecule has 0 saturated carbocycles. The summed E-state index contributed by atoms with van der Waals surface area (Å²) in [6, 6.07) is 6.98. The van der Waals surface area contributed by atoms with E-state index in [0.717, 1.165) is 17.3 Å². The van der Waals surface area contributed by atoms with Gasteiger partial charge in [-0.05, 0) is 31.0 Å². The number of rotatable bonds is 5. The van der Waals surface area contributed by atoms with Gasteiger partial charge in [0.1, 0.15) is 12.4 Å². The van der Waals surface area contributed by atoms with Gasteiger partial charge in [0, 0.05) is 30.1 Å². The van der Waals surface area contributed by atoms with Crippen LogP contribution in [0.1, 0.15) is 23.7 Å².